The predicted molar refractivity (Wildman–Crippen MR) is 74.5 cm³/mol. The van der Waals surface area contributed by atoms with Crippen molar-refractivity contribution in [1.82, 2.24) is 13.5 Å². The fraction of sp³-hybridized carbons (Fsp3) is 0.917. The first-order chi connectivity index (χ1) is 9.32. The maximum atomic E-state index is 12.6. The first kappa shape index (κ1) is 15.7. The smallest absolute Gasteiger partial charge is 0.306 e. The number of nitrogens with zero attached hydrogens (tertiary/aromatic N) is 3. The SMILES string of the molecule is CC1CN(C)CCN1S(=O)(=O)N1CCC(C(=O)O)CC1. The van der Waals surface area contributed by atoms with Gasteiger partial charge in [-0.1, -0.05) is 0 Å². The lowest BCUT2D eigenvalue weighted by atomic mass is 9.99. The number of piperazine rings is 1. The van der Waals surface area contributed by atoms with Gasteiger partial charge in [-0.25, -0.2) is 0 Å². The predicted octanol–water partition coefficient (Wildman–Crippen LogP) is -0.336. The summed E-state index contributed by atoms with van der Waals surface area (Å²) in [4.78, 5) is 13.0. The number of hydrogen-bond acceptors (Lipinski definition) is 4. The summed E-state index contributed by atoms with van der Waals surface area (Å²) < 4.78 is 28.2. The minimum absolute atomic E-state index is 0.0454. The number of aliphatic carboxylic acids is 1. The summed E-state index contributed by atoms with van der Waals surface area (Å²) in [5, 5.41) is 8.96. The van der Waals surface area contributed by atoms with Crippen LogP contribution in [0.2, 0.25) is 0 Å². The van der Waals surface area contributed by atoms with Crippen molar-refractivity contribution in [2.24, 2.45) is 5.92 Å². The van der Waals surface area contributed by atoms with Crippen LogP contribution in [0.5, 0.6) is 0 Å². The molecule has 2 fully saturated rings. The minimum atomic E-state index is -3.46. The standard InChI is InChI=1S/C12H23N3O4S/c1-10-9-13(2)7-8-15(10)20(18,19)14-5-3-11(4-6-14)12(16)17/h10-11H,3-9H2,1-2H3,(H,16,17). The van der Waals surface area contributed by atoms with Gasteiger partial charge in [0, 0.05) is 38.8 Å². The van der Waals surface area contributed by atoms with Crippen molar-refractivity contribution >= 4 is 16.2 Å². The maximum Gasteiger partial charge on any atom is 0.306 e. The van der Waals surface area contributed by atoms with E-state index in [2.05, 4.69) is 4.90 Å². The van der Waals surface area contributed by atoms with Crippen LogP contribution in [0.25, 0.3) is 0 Å². The fourth-order valence-corrected chi connectivity index (χ4v) is 4.75. The van der Waals surface area contributed by atoms with E-state index in [1.54, 1.807) is 4.31 Å². The lowest BCUT2D eigenvalue weighted by Gasteiger charge is -2.41. The molecule has 2 aliphatic heterocycles. The van der Waals surface area contributed by atoms with Gasteiger partial charge in [0.2, 0.25) is 0 Å². The Morgan fingerprint density at radius 2 is 1.75 bits per heavy atom. The molecule has 2 aliphatic rings. The van der Waals surface area contributed by atoms with E-state index >= 15 is 0 Å². The van der Waals surface area contributed by atoms with Gasteiger partial charge in [-0.3, -0.25) is 4.79 Å². The van der Waals surface area contributed by atoms with E-state index in [-0.39, 0.29) is 6.04 Å². The van der Waals surface area contributed by atoms with Crippen molar-refractivity contribution in [3.05, 3.63) is 0 Å². The van der Waals surface area contributed by atoms with Gasteiger partial charge in [-0.05, 0) is 26.8 Å². The molecule has 2 rings (SSSR count). The number of likely N-dealkylation sites (N-methyl/N-ethyl adjacent to an activating group) is 1. The Hall–Kier alpha value is -0.700. The van der Waals surface area contributed by atoms with Gasteiger partial charge < -0.3 is 10.0 Å². The monoisotopic (exact) mass is 305 g/mol. The van der Waals surface area contributed by atoms with E-state index in [9.17, 15) is 13.2 Å². The van der Waals surface area contributed by atoms with Gasteiger partial charge in [0.05, 0.1) is 5.92 Å². The Bertz CT molecular complexity index is 459. The summed E-state index contributed by atoms with van der Waals surface area (Å²) in [5.74, 6) is -1.23. The highest BCUT2D eigenvalue weighted by Crippen LogP contribution is 2.23. The largest absolute Gasteiger partial charge is 0.481 e. The maximum absolute atomic E-state index is 12.6. The molecule has 0 aliphatic carbocycles. The van der Waals surface area contributed by atoms with Crippen LogP contribution < -0.4 is 0 Å². The summed E-state index contributed by atoms with van der Waals surface area (Å²) in [6, 6.07) is -0.0454. The van der Waals surface area contributed by atoms with Crippen LogP contribution in [0.3, 0.4) is 0 Å². The molecule has 0 aromatic heterocycles. The summed E-state index contributed by atoms with van der Waals surface area (Å²) in [7, 11) is -1.47. The lowest BCUT2D eigenvalue weighted by Crippen LogP contribution is -2.57. The molecule has 0 aromatic rings. The second-order valence-electron chi connectivity index (χ2n) is 5.74. The molecule has 20 heavy (non-hydrogen) atoms. The van der Waals surface area contributed by atoms with E-state index in [1.165, 1.54) is 4.31 Å². The molecule has 2 saturated heterocycles. The van der Waals surface area contributed by atoms with E-state index in [0.29, 0.717) is 32.5 Å². The summed E-state index contributed by atoms with van der Waals surface area (Å²) in [5.41, 5.74) is 0. The second kappa shape index (κ2) is 5.97. The summed E-state index contributed by atoms with van der Waals surface area (Å²) in [6.07, 6.45) is 0.799. The molecule has 0 spiro atoms. The fourth-order valence-electron chi connectivity index (χ4n) is 2.95. The molecule has 0 aromatic carbocycles. The molecule has 0 radical (unpaired) electrons. The number of rotatable bonds is 3. The van der Waals surface area contributed by atoms with Crippen LogP contribution in [0.4, 0.5) is 0 Å². The van der Waals surface area contributed by atoms with Gasteiger partial charge in [-0.15, -0.1) is 0 Å². The Kier molecular flexibility index (Phi) is 4.68. The molecule has 0 saturated carbocycles. The van der Waals surface area contributed by atoms with Crippen LogP contribution in [0, 0.1) is 5.92 Å². The average Bonchev–Trinajstić information content (AvgIpc) is 2.38. The van der Waals surface area contributed by atoms with Crippen LogP contribution in [-0.4, -0.2) is 78.8 Å². The lowest BCUT2D eigenvalue weighted by molar-refractivity contribution is -0.142. The zero-order valence-corrected chi connectivity index (χ0v) is 12.8. The van der Waals surface area contributed by atoms with Crippen molar-refractivity contribution in [3.63, 3.8) is 0 Å². The zero-order chi connectivity index (χ0) is 14.9. The van der Waals surface area contributed by atoms with Crippen molar-refractivity contribution in [2.45, 2.75) is 25.8 Å². The van der Waals surface area contributed by atoms with Crippen molar-refractivity contribution < 1.29 is 18.3 Å². The Morgan fingerprint density at radius 1 is 1.15 bits per heavy atom. The van der Waals surface area contributed by atoms with Gasteiger partial charge in [0.15, 0.2) is 0 Å². The molecule has 7 nitrogen and oxygen atoms in total. The highest BCUT2D eigenvalue weighted by Gasteiger charge is 2.38. The third-order valence-electron chi connectivity index (χ3n) is 4.20. The second-order valence-corrected chi connectivity index (χ2v) is 7.62. The number of carboxylic acids is 1. The van der Waals surface area contributed by atoms with E-state index in [1.807, 2.05) is 14.0 Å². The Balaban J connectivity index is 2.02. The third kappa shape index (κ3) is 3.13. The molecule has 116 valence electrons. The molecule has 8 heteroatoms. The zero-order valence-electron chi connectivity index (χ0n) is 12.0. The van der Waals surface area contributed by atoms with E-state index < -0.39 is 22.1 Å². The first-order valence-electron chi connectivity index (χ1n) is 7.00. The first-order valence-corrected chi connectivity index (χ1v) is 8.40. The molecular weight excluding hydrogens is 282 g/mol. The Labute approximate surface area is 120 Å². The number of piperidine rings is 1. The van der Waals surface area contributed by atoms with Crippen molar-refractivity contribution in [2.75, 3.05) is 39.8 Å². The molecule has 0 amide bonds. The minimum Gasteiger partial charge on any atom is -0.481 e. The molecule has 2 heterocycles. The topological polar surface area (TPSA) is 81.2 Å². The van der Waals surface area contributed by atoms with Gasteiger partial charge in [0.25, 0.3) is 10.2 Å². The number of carboxylic acid groups (broad SMARTS) is 1. The summed E-state index contributed by atoms with van der Waals surface area (Å²) >= 11 is 0. The van der Waals surface area contributed by atoms with E-state index in [4.69, 9.17) is 5.11 Å². The van der Waals surface area contributed by atoms with Crippen molar-refractivity contribution in [3.8, 4) is 0 Å². The molecule has 1 unspecified atom stereocenters. The Morgan fingerprint density at radius 3 is 2.25 bits per heavy atom. The molecule has 1 atom stereocenters. The summed E-state index contributed by atoms with van der Waals surface area (Å²) in [6.45, 7) is 4.48. The highest BCUT2D eigenvalue weighted by molar-refractivity contribution is 7.86. The molecule has 0 bridgehead atoms. The third-order valence-corrected chi connectivity index (χ3v) is 6.35. The highest BCUT2D eigenvalue weighted by atomic mass is 32.2. The van der Waals surface area contributed by atoms with E-state index in [0.717, 1.165) is 13.1 Å². The number of carbonyl (C=O) groups is 1. The van der Waals surface area contributed by atoms with Crippen LogP contribution in [0.1, 0.15) is 19.8 Å². The number of hydrogen-bond donors (Lipinski definition) is 1. The van der Waals surface area contributed by atoms with Gasteiger partial charge in [0.1, 0.15) is 0 Å². The van der Waals surface area contributed by atoms with Crippen molar-refractivity contribution in [1.29, 1.82) is 0 Å². The molecular formula is C12H23N3O4S. The normalized spacial score (nSPS) is 28.6. The van der Waals surface area contributed by atoms with Crippen LogP contribution in [-0.2, 0) is 15.0 Å². The van der Waals surface area contributed by atoms with Gasteiger partial charge in [-0.2, -0.15) is 17.0 Å². The van der Waals surface area contributed by atoms with Gasteiger partial charge >= 0.3 is 5.97 Å². The quantitative estimate of drug-likeness (QED) is 0.772. The van der Waals surface area contributed by atoms with Crippen LogP contribution >= 0.6 is 0 Å². The molecule has 1 N–H and O–H groups in total. The van der Waals surface area contributed by atoms with Crippen LogP contribution in [0.15, 0.2) is 0 Å². The average molecular weight is 305 g/mol.